The lowest BCUT2D eigenvalue weighted by atomic mass is 9.98. The van der Waals surface area contributed by atoms with E-state index in [-0.39, 0.29) is 29.9 Å². The van der Waals surface area contributed by atoms with Crippen molar-refractivity contribution >= 4 is 41.5 Å². The van der Waals surface area contributed by atoms with Crippen LogP contribution in [0.5, 0.6) is 0 Å². The summed E-state index contributed by atoms with van der Waals surface area (Å²) in [7, 11) is 3.60. The van der Waals surface area contributed by atoms with Gasteiger partial charge in [0.1, 0.15) is 6.54 Å². The van der Waals surface area contributed by atoms with Crippen LogP contribution in [0.3, 0.4) is 0 Å². The highest BCUT2D eigenvalue weighted by Gasteiger charge is 2.27. The van der Waals surface area contributed by atoms with Crippen LogP contribution in [0.25, 0.3) is 0 Å². The smallest absolute Gasteiger partial charge is 0.246 e. The molecule has 1 aromatic rings. The molecule has 0 unspecified atom stereocenters. The van der Waals surface area contributed by atoms with Crippen molar-refractivity contribution in [3.8, 4) is 0 Å². The molecule has 0 atom stereocenters. The van der Waals surface area contributed by atoms with E-state index in [0.29, 0.717) is 32.3 Å². The average molecular weight is 490 g/mol. The number of nitrogens with zero attached hydrogens (tertiary/aromatic N) is 5. The lowest BCUT2D eigenvalue weighted by Crippen LogP contribution is -2.55. The molecule has 1 saturated heterocycles. The van der Waals surface area contributed by atoms with Crippen molar-refractivity contribution in [3.05, 3.63) is 12.4 Å². The van der Waals surface area contributed by atoms with Gasteiger partial charge in [-0.3, -0.25) is 14.5 Å². The molecule has 1 aromatic heterocycles. The first-order valence-electron chi connectivity index (χ1n) is 9.53. The van der Waals surface area contributed by atoms with E-state index in [1.807, 2.05) is 18.1 Å². The molecule has 1 N–H and O–H groups in total. The molecular weight excluding hydrogens is 459 g/mol. The molecule has 1 aliphatic carbocycles. The Labute approximate surface area is 178 Å². The van der Waals surface area contributed by atoms with Gasteiger partial charge in [-0.2, -0.15) is 5.10 Å². The standard InChI is InChI=1S/C18H30N6O2.HI/c1-19-18(20-8-11-26-16-6-4-3-5-7-16)23-9-10-24(17(25)14-23)15-12-21-22(2)13-15;/h12-13,16H,3-11,14H2,1-2H3,(H,19,20);1H. The van der Waals surface area contributed by atoms with E-state index in [2.05, 4.69) is 15.4 Å². The molecule has 0 aromatic carbocycles. The van der Waals surface area contributed by atoms with Gasteiger partial charge in [-0.1, -0.05) is 19.3 Å². The molecule has 1 amide bonds. The quantitative estimate of drug-likeness (QED) is 0.294. The van der Waals surface area contributed by atoms with Crippen LogP contribution < -0.4 is 10.2 Å². The molecule has 9 heteroatoms. The summed E-state index contributed by atoms with van der Waals surface area (Å²) in [4.78, 5) is 20.6. The topological polar surface area (TPSA) is 75.0 Å². The van der Waals surface area contributed by atoms with Crippen LogP contribution in [-0.4, -0.2) is 72.5 Å². The highest BCUT2D eigenvalue weighted by Crippen LogP contribution is 2.20. The minimum absolute atomic E-state index is 0. The van der Waals surface area contributed by atoms with Crippen molar-refractivity contribution in [1.29, 1.82) is 0 Å². The molecule has 3 rings (SSSR count). The summed E-state index contributed by atoms with van der Waals surface area (Å²) in [6, 6.07) is 0. The van der Waals surface area contributed by atoms with Gasteiger partial charge in [-0.05, 0) is 12.8 Å². The molecular formula is C18H31IN6O2. The first-order chi connectivity index (χ1) is 12.7. The van der Waals surface area contributed by atoms with Gasteiger partial charge in [0, 0.05) is 39.9 Å². The number of aryl methyl sites for hydroxylation is 1. The van der Waals surface area contributed by atoms with Gasteiger partial charge < -0.3 is 19.9 Å². The molecule has 2 aliphatic rings. The van der Waals surface area contributed by atoms with Crippen molar-refractivity contribution in [1.82, 2.24) is 20.0 Å². The van der Waals surface area contributed by atoms with E-state index in [1.165, 1.54) is 32.1 Å². The highest BCUT2D eigenvalue weighted by molar-refractivity contribution is 14.0. The zero-order valence-corrected chi connectivity index (χ0v) is 18.6. The second-order valence-electron chi connectivity index (χ2n) is 6.94. The number of halogens is 1. The number of guanidine groups is 1. The molecule has 0 spiro atoms. The number of aliphatic imine (C=N–C) groups is 1. The van der Waals surface area contributed by atoms with Gasteiger partial charge in [-0.25, -0.2) is 0 Å². The summed E-state index contributed by atoms with van der Waals surface area (Å²) < 4.78 is 7.65. The van der Waals surface area contributed by atoms with Gasteiger partial charge in [0.25, 0.3) is 0 Å². The van der Waals surface area contributed by atoms with Crippen molar-refractivity contribution < 1.29 is 9.53 Å². The Morgan fingerprint density at radius 1 is 1.33 bits per heavy atom. The minimum atomic E-state index is 0. The van der Waals surface area contributed by atoms with Crippen molar-refractivity contribution in [3.63, 3.8) is 0 Å². The van der Waals surface area contributed by atoms with Gasteiger partial charge in [0.15, 0.2) is 5.96 Å². The Balaban J connectivity index is 0.00000261. The third-order valence-corrected chi connectivity index (χ3v) is 5.03. The SMILES string of the molecule is CN=C(NCCOC1CCCCC1)N1CCN(c2cnn(C)c2)C(=O)C1.I. The van der Waals surface area contributed by atoms with Crippen molar-refractivity contribution in [2.75, 3.05) is 44.7 Å². The third kappa shape index (κ3) is 6.06. The van der Waals surface area contributed by atoms with Crippen molar-refractivity contribution in [2.45, 2.75) is 38.2 Å². The maximum absolute atomic E-state index is 12.5. The minimum Gasteiger partial charge on any atom is -0.376 e. The predicted octanol–water partition coefficient (Wildman–Crippen LogP) is 1.61. The molecule has 2 fully saturated rings. The molecule has 1 aliphatic heterocycles. The van der Waals surface area contributed by atoms with Crippen LogP contribution in [0.15, 0.2) is 17.4 Å². The number of hydrogen-bond donors (Lipinski definition) is 1. The molecule has 1 saturated carbocycles. The maximum atomic E-state index is 12.5. The number of hydrogen-bond acceptors (Lipinski definition) is 4. The van der Waals surface area contributed by atoms with Gasteiger partial charge in [0.2, 0.25) is 5.91 Å². The maximum Gasteiger partial charge on any atom is 0.246 e. The van der Waals surface area contributed by atoms with Crippen LogP contribution in [0.4, 0.5) is 5.69 Å². The number of carbonyl (C=O) groups excluding carboxylic acids is 1. The van der Waals surface area contributed by atoms with Crippen LogP contribution in [0, 0.1) is 0 Å². The van der Waals surface area contributed by atoms with E-state index in [4.69, 9.17) is 4.74 Å². The zero-order valence-electron chi connectivity index (χ0n) is 16.3. The number of ether oxygens (including phenoxy) is 1. The fourth-order valence-corrected chi connectivity index (χ4v) is 3.63. The molecule has 2 heterocycles. The Morgan fingerprint density at radius 3 is 2.74 bits per heavy atom. The summed E-state index contributed by atoms with van der Waals surface area (Å²) in [5.41, 5.74) is 0.848. The predicted molar refractivity (Wildman–Crippen MR) is 117 cm³/mol. The number of aromatic nitrogens is 2. The molecule has 27 heavy (non-hydrogen) atoms. The lowest BCUT2D eigenvalue weighted by molar-refractivity contribution is -0.120. The Morgan fingerprint density at radius 2 is 2.11 bits per heavy atom. The number of nitrogens with one attached hydrogen (secondary N) is 1. The third-order valence-electron chi connectivity index (χ3n) is 5.03. The largest absolute Gasteiger partial charge is 0.376 e. The van der Waals surface area contributed by atoms with E-state index in [0.717, 1.165) is 18.2 Å². The van der Waals surface area contributed by atoms with Crippen LogP contribution in [0.1, 0.15) is 32.1 Å². The molecule has 152 valence electrons. The lowest BCUT2D eigenvalue weighted by Gasteiger charge is -2.35. The summed E-state index contributed by atoms with van der Waals surface area (Å²) in [6.45, 7) is 3.07. The van der Waals surface area contributed by atoms with E-state index >= 15 is 0 Å². The summed E-state index contributed by atoms with van der Waals surface area (Å²) in [5.74, 6) is 0.821. The number of carbonyl (C=O) groups is 1. The van der Waals surface area contributed by atoms with Gasteiger partial charge in [0.05, 0.1) is 24.6 Å². The van der Waals surface area contributed by atoms with E-state index < -0.39 is 0 Å². The van der Waals surface area contributed by atoms with Crippen LogP contribution >= 0.6 is 24.0 Å². The molecule has 0 radical (unpaired) electrons. The fourth-order valence-electron chi connectivity index (χ4n) is 3.63. The number of piperazine rings is 1. The number of rotatable bonds is 5. The van der Waals surface area contributed by atoms with E-state index in [1.54, 1.807) is 22.8 Å². The second-order valence-corrected chi connectivity index (χ2v) is 6.94. The normalized spacial score (nSPS) is 19.2. The first kappa shape index (κ1) is 21.9. The summed E-state index contributed by atoms with van der Waals surface area (Å²) in [5, 5.41) is 7.47. The van der Waals surface area contributed by atoms with Crippen molar-refractivity contribution in [2.24, 2.45) is 12.0 Å². The zero-order chi connectivity index (χ0) is 18.4. The summed E-state index contributed by atoms with van der Waals surface area (Å²) in [6.07, 6.45) is 10.3. The van der Waals surface area contributed by atoms with Gasteiger partial charge >= 0.3 is 0 Å². The Kier molecular flexibility index (Phi) is 8.81. The summed E-state index contributed by atoms with van der Waals surface area (Å²) >= 11 is 0. The van der Waals surface area contributed by atoms with Crippen LogP contribution in [0.2, 0.25) is 0 Å². The highest BCUT2D eigenvalue weighted by atomic mass is 127. The Bertz CT molecular complexity index is 629. The molecule has 8 nitrogen and oxygen atoms in total. The number of anilines is 1. The monoisotopic (exact) mass is 490 g/mol. The fraction of sp³-hybridized carbons (Fsp3) is 0.722. The first-order valence-corrected chi connectivity index (χ1v) is 9.53. The second kappa shape index (κ2) is 10.8. The van der Waals surface area contributed by atoms with Crippen LogP contribution in [-0.2, 0) is 16.6 Å². The Hall–Kier alpha value is -1.36. The van der Waals surface area contributed by atoms with Gasteiger partial charge in [-0.15, -0.1) is 24.0 Å². The average Bonchev–Trinajstić information content (AvgIpc) is 3.08. The molecule has 0 bridgehead atoms. The van der Waals surface area contributed by atoms with E-state index in [9.17, 15) is 4.79 Å². The number of amides is 1.